The highest BCUT2D eigenvalue weighted by molar-refractivity contribution is 6.57. The van der Waals surface area contributed by atoms with Gasteiger partial charge in [-0.05, 0) is 23.4 Å². The van der Waals surface area contributed by atoms with Crippen molar-refractivity contribution in [3.05, 3.63) is 35.9 Å². The van der Waals surface area contributed by atoms with Gasteiger partial charge in [0.25, 0.3) is 0 Å². The smallest absolute Gasteiger partial charge is 0.0340 e. The van der Waals surface area contributed by atoms with Crippen LogP contribution in [0.3, 0.4) is 0 Å². The highest BCUT2D eigenvalue weighted by Gasteiger charge is 2.20. The van der Waals surface area contributed by atoms with Crippen LogP contribution in [0.25, 0.3) is 0 Å². The van der Waals surface area contributed by atoms with E-state index in [0.717, 1.165) is 11.5 Å². The molecular weight excluding hydrogens is 208 g/mol. The SMILES string of the molecule is CCCC([C@H](C)Cc1ccccc1)[SiH](C)C. The maximum atomic E-state index is 2.50. The fraction of sp³-hybridized carbons (Fsp3) is 0.600. The molecule has 0 saturated carbocycles. The fourth-order valence-electron chi connectivity index (χ4n) is 2.75. The van der Waals surface area contributed by atoms with Gasteiger partial charge in [0.05, 0.1) is 0 Å². The first-order valence-corrected chi connectivity index (χ1v) is 9.66. The standard InChI is InChI=1S/C15H26Si/c1-5-9-15(16(3)4)13(2)12-14-10-7-6-8-11-14/h6-8,10-11,13,15-16H,5,9,12H2,1-4H3/t13-,15?/m1/s1. The third kappa shape index (κ3) is 4.13. The van der Waals surface area contributed by atoms with Crippen LogP contribution in [0.2, 0.25) is 18.6 Å². The zero-order valence-electron chi connectivity index (χ0n) is 11.2. The maximum absolute atomic E-state index is 2.50. The molecule has 0 saturated heterocycles. The minimum absolute atomic E-state index is 0.502. The van der Waals surface area contributed by atoms with Gasteiger partial charge in [0.15, 0.2) is 0 Å². The summed E-state index contributed by atoms with van der Waals surface area (Å²) < 4.78 is 0. The average molecular weight is 234 g/mol. The van der Waals surface area contributed by atoms with Gasteiger partial charge in [0.2, 0.25) is 0 Å². The highest BCUT2D eigenvalue weighted by atomic mass is 28.3. The lowest BCUT2D eigenvalue weighted by molar-refractivity contribution is 0.495. The second-order valence-electron chi connectivity index (χ2n) is 5.36. The molecule has 0 aliphatic heterocycles. The molecule has 0 radical (unpaired) electrons. The molecule has 0 N–H and O–H groups in total. The molecule has 0 aliphatic rings. The third-order valence-corrected chi connectivity index (χ3v) is 6.31. The summed E-state index contributed by atoms with van der Waals surface area (Å²) in [5, 5.41) is 0. The van der Waals surface area contributed by atoms with Crippen molar-refractivity contribution in [2.24, 2.45) is 5.92 Å². The summed E-state index contributed by atoms with van der Waals surface area (Å²) >= 11 is 0. The van der Waals surface area contributed by atoms with Crippen molar-refractivity contribution in [2.45, 2.75) is 51.7 Å². The molecule has 2 atom stereocenters. The average Bonchev–Trinajstić information content (AvgIpc) is 2.26. The van der Waals surface area contributed by atoms with E-state index in [1.54, 1.807) is 0 Å². The molecule has 0 aromatic heterocycles. The molecule has 0 aliphatic carbocycles. The van der Waals surface area contributed by atoms with Gasteiger partial charge >= 0.3 is 0 Å². The lowest BCUT2D eigenvalue weighted by atomic mass is 9.95. The summed E-state index contributed by atoms with van der Waals surface area (Å²) in [6.45, 7) is 9.77. The molecule has 0 fully saturated rings. The van der Waals surface area contributed by atoms with Crippen LogP contribution in [0.5, 0.6) is 0 Å². The van der Waals surface area contributed by atoms with Crippen LogP contribution in [0, 0.1) is 5.92 Å². The Labute approximate surface area is 103 Å². The first kappa shape index (κ1) is 13.5. The molecule has 0 nitrogen and oxygen atoms in total. The molecule has 16 heavy (non-hydrogen) atoms. The van der Waals surface area contributed by atoms with Crippen molar-refractivity contribution < 1.29 is 0 Å². The molecule has 90 valence electrons. The Morgan fingerprint density at radius 1 is 1.12 bits per heavy atom. The van der Waals surface area contributed by atoms with Crippen LogP contribution in [-0.2, 0) is 6.42 Å². The van der Waals surface area contributed by atoms with E-state index in [9.17, 15) is 0 Å². The van der Waals surface area contributed by atoms with Crippen molar-refractivity contribution >= 4 is 8.80 Å². The van der Waals surface area contributed by atoms with E-state index < -0.39 is 8.80 Å². The summed E-state index contributed by atoms with van der Waals surface area (Å²) in [6.07, 6.45) is 4.03. The Bertz CT molecular complexity index is 279. The van der Waals surface area contributed by atoms with Gasteiger partial charge in [0, 0.05) is 8.80 Å². The van der Waals surface area contributed by atoms with E-state index in [4.69, 9.17) is 0 Å². The minimum atomic E-state index is -0.502. The van der Waals surface area contributed by atoms with Crippen LogP contribution in [-0.4, -0.2) is 8.80 Å². The summed E-state index contributed by atoms with van der Waals surface area (Å²) in [6, 6.07) is 10.9. The van der Waals surface area contributed by atoms with E-state index in [0.29, 0.717) is 0 Å². The molecule has 0 heterocycles. The van der Waals surface area contributed by atoms with E-state index in [-0.39, 0.29) is 0 Å². The number of benzene rings is 1. The number of rotatable bonds is 6. The molecule has 0 spiro atoms. The molecule has 1 aromatic rings. The van der Waals surface area contributed by atoms with Crippen LogP contribution in [0.1, 0.15) is 32.3 Å². The summed E-state index contributed by atoms with van der Waals surface area (Å²) in [5.41, 5.74) is 2.51. The van der Waals surface area contributed by atoms with E-state index in [1.165, 1.54) is 24.8 Å². The van der Waals surface area contributed by atoms with Gasteiger partial charge in [-0.15, -0.1) is 0 Å². The van der Waals surface area contributed by atoms with Crippen molar-refractivity contribution in [2.75, 3.05) is 0 Å². The Balaban J connectivity index is 2.58. The Morgan fingerprint density at radius 3 is 2.25 bits per heavy atom. The van der Waals surface area contributed by atoms with E-state index in [1.807, 2.05) is 0 Å². The quantitative estimate of drug-likeness (QED) is 0.635. The lowest BCUT2D eigenvalue weighted by Gasteiger charge is -2.26. The minimum Gasteiger partial charge on any atom is -0.0720 e. The lowest BCUT2D eigenvalue weighted by Crippen LogP contribution is -2.21. The predicted octanol–water partition coefficient (Wildman–Crippen LogP) is 4.52. The highest BCUT2D eigenvalue weighted by Crippen LogP contribution is 2.29. The van der Waals surface area contributed by atoms with E-state index >= 15 is 0 Å². The van der Waals surface area contributed by atoms with Gasteiger partial charge in [-0.3, -0.25) is 0 Å². The molecule has 1 unspecified atom stereocenters. The molecule has 1 heteroatoms. The summed E-state index contributed by atoms with van der Waals surface area (Å²) in [4.78, 5) is 0. The normalized spacial score (nSPS) is 15.1. The second-order valence-corrected chi connectivity index (χ2v) is 8.71. The van der Waals surface area contributed by atoms with Crippen molar-refractivity contribution in [3.63, 3.8) is 0 Å². The van der Waals surface area contributed by atoms with Crippen LogP contribution < -0.4 is 0 Å². The fourth-order valence-corrected chi connectivity index (χ4v) is 5.20. The van der Waals surface area contributed by atoms with Crippen LogP contribution >= 0.6 is 0 Å². The number of hydrogen-bond donors (Lipinski definition) is 0. The van der Waals surface area contributed by atoms with Crippen LogP contribution in [0.15, 0.2) is 30.3 Å². The molecule has 1 rings (SSSR count). The summed E-state index contributed by atoms with van der Waals surface area (Å²) in [7, 11) is -0.502. The Morgan fingerprint density at radius 2 is 1.75 bits per heavy atom. The Hall–Kier alpha value is -0.563. The van der Waals surface area contributed by atoms with Gasteiger partial charge in [-0.25, -0.2) is 0 Å². The summed E-state index contributed by atoms with van der Waals surface area (Å²) in [5.74, 6) is 0.856. The molecule has 0 amide bonds. The zero-order valence-corrected chi connectivity index (χ0v) is 12.4. The largest absolute Gasteiger partial charge is 0.0720 e. The van der Waals surface area contributed by atoms with E-state index in [2.05, 4.69) is 57.3 Å². The second kappa shape index (κ2) is 6.90. The van der Waals surface area contributed by atoms with Crippen molar-refractivity contribution in [1.82, 2.24) is 0 Å². The first-order chi connectivity index (χ1) is 7.65. The van der Waals surface area contributed by atoms with Crippen LogP contribution in [0.4, 0.5) is 0 Å². The van der Waals surface area contributed by atoms with Crippen molar-refractivity contribution in [1.29, 1.82) is 0 Å². The number of hydrogen-bond acceptors (Lipinski definition) is 0. The molecular formula is C15H26Si. The topological polar surface area (TPSA) is 0 Å². The predicted molar refractivity (Wildman–Crippen MR) is 76.8 cm³/mol. The molecule has 1 aromatic carbocycles. The molecule has 0 bridgehead atoms. The monoisotopic (exact) mass is 234 g/mol. The van der Waals surface area contributed by atoms with Gasteiger partial charge in [-0.2, -0.15) is 0 Å². The van der Waals surface area contributed by atoms with Gasteiger partial charge in [-0.1, -0.05) is 70.1 Å². The third-order valence-electron chi connectivity index (χ3n) is 3.61. The maximum Gasteiger partial charge on any atom is 0.0340 e. The van der Waals surface area contributed by atoms with Crippen molar-refractivity contribution in [3.8, 4) is 0 Å². The van der Waals surface area contributed by atoms with Gasteiger partial charge < -0.3 is 0 Å². The Kier molecular flexibility index (Phi) is 5.82. The first-order valence-electron chi connectivity index (χ1n) is 6.69. The zero-order chi connectivity index (χ0) is 12.0. The van der Waals surface area contributed by atoms with Gasteiger partial charge in [0.1, 0.15) is 0 Å².